The molecule has 0 atom stereocenters. The Balaban J connectivity index is 1.69. The van der Waals surface area contributed by atoms with Gasteiger partial charge in [-0.05, 0) is 43.3 Å². The summed E-state index contributed by atoms with van der Waals surface area (Å²) in [6.07, 6.45) is 0. The van der Waals surface area contributed by atoms with Gasteiger partial charge in [-0.2, -0.15) is 0 Å². The van der Waals surface area contributed by atoms with Gasteiger partial charge in [0.05, 0.1) is 15.5 Å². The van der Waals surface area contributed by atoms with Crippen LogP contribution in [0.25, 0.3) is 0 Å². The lowest BCUT2D eigenvalue weighted by molar-refractivity contribution is -0.385. The van der Waals surface area contributed by atoms with Gasteiger partial charge in [-0.3, -0.25) is 14.4 Å². The summed E-state index contributed by atoms with van der Waals surface area (Å²) in [6.45, 7) is 1.94. The van der Waals surface area contributed by atoms with Crippen molar-refractivity contribution in [2.75, 3.05) is 17.6 Å². The SMILES string of the molecule is CCN(c1ccccc1)S(=O)(=O)c1ccc(Oc2ccc3c(c2)OCO3)c([N+](=O)[O-])c1. The Bertz CT molecular complexity index is 1230. The number of anilines is 1. The van der Waals surface area contributed by atoms with Crippen LogP contribution in [0.3, 0.4) is 0 Å². The fourth-order valence-electron chi connectivity index (χ4n) is 3.17. The molecule has 0 spiro atoms. The molecule has 0 N–H and O–H groups in total. The number of benzene rings is 3. The predicted molar refractivity (Wildman–Crippen MR) is 112 cm³/mol. The highest BCUT2D eigenvalue weighted by Crippen LogP contribution is 2.39. The van der Waals surface area contributed by atoms with Gasteiger partial charge in [0.1, 0.15) is 5.75 Å². The van der Waals surface area contributed by atoms with Gasteiger partial charge in [0, 0.05) is 18.7 Å². The van der Waals surface area contributed by atoms with Crippen LogP contribution in [0, 0.1) is 10.1 Å². The first-order valence-corrected chi connectivity index (χ1v) is 10.8. The molecular weight excluding hydrogens is 424 g/mol. The molecule has 0 bridgehead atoms. The second-order valence-electron chi connectivity index (χ2n) is 6.51. The van der Waals surface area contributed by atoms with Crippen LogP contribution in [0.5, 0.6) is 23.0 Å². The summed E-state index contributed by atoms with van der Waals surface area (Å²) in [4.78, 5) is 10.8. The lowest BCUT2D eigenvalue weighted by Gasteiger charge is -2.23. The third kappa shape index (κ3) is 3.97. The largest absolute Gasteiger partial charge is 0.454 e. The molecule has 0 saturated heterocycles. The fraction of sp³-hybridized carbons (Fsp3) is 0.143. The second-order valence-corrected chi connectivity index (χ2v) is 8.37. The molecule has 3 aromatic carbocycles. The Labute approximate surface area is 178 Å². The normalized spacial score (nSPS) is 12.4. The molecule has 0 unspecified atom stereocenters. The number of hydrogen-bond acceptors (Lipinski definition) is 7. The van der Waals surface area contributed by atoms with Crippen LogP contribution in [-0.4, -0.2) is 26.7 Å². The first kappa shape index (κ1) is 20.5. The van der Waals surface area contributed by atoms with E-state index in [2.05, 4.69) is 0 Å². The summed E-state index contributed by atoms with van der Waals surface area (Å²) in [5.41, 5.74) is -0.00352. The average Bonchev–Trinajstić information content (AvgIpc) is 3.23. The number of nitrogens with zero attached hydrogens (tertiary/aromatic N) is 2. The number of rotatable bonds is 7. The van der Waals surface area contributed by atoms with Crippen LogP contribution in [0.2, 0.25) is 0 Å². The van der Waals surface area contributed by atoms with Crippen molar-refractivity contribution in [3.63, 3.8) is 0 Å². The lowest BCUT2D eigenvalue weighted by atomic mass is 10.2. The highest BCUT2D eigenvalue weighted by atomic mass is 32.2. The summed E-state index contributed by atoms with van der Waals surface area (Å²) in [5.74, 6) is 1.21. The van der Waals surface area contributed by atoms with Crippen LogP contribution >= 0.6 is 0 Å². The Kier molecular flexibility index (Phi) is 5.38. The molecular formula is C21H18N2O7S. The summed E-state index contributed by atoms with van der Waals surface area (Å²) in [7, 11) is -4.02. The minimum atomic E-state index is -4.02. The molecule has 0 amide bonds. The Morgan fingerprint density at radius 1 is 1.03 bits per heavy atom. The van der Waals surface area contributed by atoms with Crippen molar-refractivity contribution in [2.45, 2.75) is 11.8 Å². The van der Waals surface area contributed by atoms with E-state index in [0.717, 1.165) is 6.07 Å². The molecule has 1 aliphatic rings. The zero-order valence-electron chi connectivity index (χ0n) is 16.4. The third-order valence-electron chi connectivity index (χ3n) is 4.62. The smallest absolute Gasteiger partial charge is 0.312 e. The van der Waals surface area contributed by atoms with E-state index in [1.807, 2.05) is 0 Å². The molecule has 1 heterocycles. The van der Waals surface area contributed by atoms with Crippen LogP contribution in [0.15, 0.2) is 71.6 Å². The maximum atomic E-state index is 13.2. The van der Waals surface area contributed by atoms with Gasteiger partial charge in [-0.1, -0.05) is 18.2 Å². The summed E-state index contributed by atoms with van der Waals surface area (Å²) >= 11 is 0. The standard InChI is InChI=1S/C21H18N2O7S/c1-2-22(15-6-4-3-5-7-15)31(26,27)17-9-11-19(18(13-17)23(24)25)30-16-8-10-20-21(12-16)29-14-28-20/h3-13H,2,14H2,1H3. The topological polar surface area (TPSA) is 108 Å². The van der Waals surface area contributed by atoms with Crippen LogP contribution in [0.4, 0.5) is 11.4 Å². The molecule has 1 aliphatic heterocycles. The number of ether oxygens (including phenoxy) is 3. The molecule has 3 aromatic rings. The van der Waals surface area contributed by atoms with E-state index in [1.54, 1.807) is 55.5 Å². The summed E-state index contributed by atoms with van der Waals surface area (Å²) in [6, 6.07) is 16.9. The van der Waals surface area contributed by atoms with Crippen molar-refractivity contribution < 1.29 is 27.6 Å². The van der Waals surface area contributed by atoms with Crippen molar-refractivity contribution >= 4 is 21.4 Å². The van der Waals surface area contributed by atoms with E-state index in [0.29, 0.717) is 22.9 Å². The van der Waals surface area contributed by atoms with Gasteiger partial charge < -0.3 is 14.2 Å². The zero-order valence-corrected chi connectivity index (χ0v) is 17.2. The number of nitro groups is 1. The molecule has 0 aromatic heterocycles. The molecule has 0 aliphatic carbocycles. The Hall–Kier alpha value is -3.79. The number of hydrogen-bond donors (Lipinski definition) is 0. The third-order valence-corrected chi connectivity index (χ3v) is 6.52. The zero-order chi connectivity index (χ0) is 22.0. The average molecular weight is 442 g/mol. The first-order valence-electron chi connectivity index (χ1n) is 9.34. The van der Waals surface area contributed by atoms with E-state index >= 15 is 0 Å². The number of para-hydroxylation sites is 1. The van der Waals surface area contributed by atoms with E-state index in [9.17, 15) is 18.5 Å². The van der Waals surface area contributed by atoms with Gasteiger partial charge in [0.25, 0.3) is 10.0 Å². The quantitative estimate of drug-likeness (QED) is 0.396. The molecule has 0 radical (unpaired) electrons. The summed E-state index contributed by atoms with van der Waals surface area (Å²) < 4.78 is 43.7. The maximum Gasteiger partial charge on any atom is 0.312 e. The lowest BCUT2D eigenvalue weighted by Crippen LogP contribution is -2.30. The second kappa shape index (κ2) is 8.15. The van der Waals surface area contributed by atoms with Crippen LogP contribution < -0.4 is 18.5 Å². The van der Waals surface area contributed by atoms with Gasteiger partial charge in [-0.25, -0.2) is 8.42 Å². The highest BCUT2D eigenvalue weighted by molar-refractivity contribution is 7.92. The fourth-order valence-corrected chi connectivity index (χ4v) is 4.66. The number of fused-ring (bicyclic) bond motifs is 1. The van der Waals surface area contributed by atoms with E-state index in [-0.39, 0.29) is 24.0 Å². The van der Waals surface area contributed by atoms with Crippen molar-refractivity contribution in [2.24, 2.45) is 0 Å². The van der Waals surface area contributed by atoms with Gasteiger partial charge in [0.15, 0.2) is 11.5 Å². The van der Waals surface area contributed by atoms with Gasteiger partial charge in [0.2, 0.25) is 12.5 Å². The van der Waals surface area contributed by atoms with Crippen molar-refractivity contribution in [1.29, 1.82) is 0 Å². The van der Waals surface area contributed by atoms with Gasteiger partial charge in [-0.15, -0.1) is 0 Å². The Morgan fingerprint density at radius 2 is 1.77 bits per heavy atom. The highest BCUT2D eigenvalue weighted by Gasteiger charge is 2.28. The number of sulfonamides is 1. The predicted octanol–water partition coefficient (Wildman–Crippen LogP) is 4.33. The van der Waals surface area contributed by atoms with Crippen LogP contribution in [-0.2, 0) is 10.0 Å². The van der Waals surface area contributed by atoms with Crippen molar-refractivity contribution in [1.82, 2.24) is 0 Å². The Morgan fingerprint density at radius 3 is 2.48 bits per heavy atom. The molecule has 0 fully saturated rings. The van der Waals surface area contributed by atoms with Crippen molar-refractivity contribution in [3.05, 3.63) is 76.8 Å². The molecule has 0 saturated carbocycles. The minimum absolute atomic E-state index is 0.0842. The minimum Gasteiger partial charge on any atom is -0.454 e. The van der Waals surface area contributed by atoms with Crippen molar-refractivity contribution in [3.8, 4) is 23.0 Å². The van der Waals surface area contributed by atoms with Crippen LogP contribution in [0.1, 0.15) is 6.92 Å². The molecule has 4 rings (SSSR count). The molecule has 160 valence electrons. The first-order chi connectivity index (χ1) is 14.9. The summed E-state index contributed by atoms with van der Waals surface area (Å²) in [5, 5.41) is 11.7. The molecule has 31 heavy (non-hydrogen) atoms. The monoisotopic (exact) mass is 442 g/mol. The van der Waals surface area contributed by atoms with E-state index in [4.69, 9.17) is 14.2 Å². The molecule has 10 heteroatoms. The van der Waals surface area contributed by atoms with E-state index in [1.165, 1.54) is 16.4 Å². The van der Waals surface area contributed by atoms with Gasteiger partial charge >= 0.3 is 5.69 Å². The maximum absolute atomic E-state index is 13.2. The molecule has 9 nitrogen and oxygen atoms in total. The van der Waals surface area contributed by atoms with E-state index < -0.39 is 20.6 Å². The number of nitro benzene ring substituents is 1.